The summed E-state index contributed by atoms with van der Waals surface area (Å²) in [6.45, 7) is 5.56. The number of methoxy groups -OCH3 is 1. The molecule has 0 aliphatic carbocycles. The summed E-state index contributed by atoms with van der Waals surface area (Å²) >= 11 is 0. The molecule has 0 radical (unpaired) electrons. The summed E-state index contributed by atoms with van der Waals surface area (Å²) in [5.41, 5.74) is 0.843. The first-order valence-corrected chi connectivity index (χ1v) is 8.04. The summed E-state index contributed by atoms with van der Waals surface area (Å²) in [5, 5.41) is 2.95. The number of ether oxygens (including phenoxy) is 2. The zero-order valence-electron chi connectivity index (χ0n) is 13.7. The Hall–Kier alpha value is -1.91. The van der Waals surface area contributed by atoms with Gasteiger partial charge >= 0.3 is 6.03 Å². The van der Waals surface area contributed by atoms with Gasteiger partial charge in [-0.15, -0.1) is 0 Å². The van der Waals surface area contributed by atoms with E-state index in [1.165, 1.54) is 0 Å². The van der Waals surface area contributed by atoms with Crippen molar-refractivity contribution in [1.29, 1.82) is 0 Å². The molecule has 0 bridgehead atoms. The third-order valence-corrected chi connectivity index (χ3v) is 3.87. The second-order valence-electron chi connectivity index (χ2n) is 5.68. The minimum absolute atomic E-state index is 0.0548. The molecule has 1 aliphatic heterocycles. The van der Waals surface area contributed by atoms with Crippen LogP contribution in [-0.2, 0) is 0 Å². The largest absolute Gasteiger partial charge is 0.493 e. The van der Waals surface area contributed by atoms with Gasteiger partial charge in [-0.05, 0) is 31.9 Å². The van der Waals surface area contributed by atoms with Crippen molar-refractivity contribution in [2.24, 2.45) is 0 Å². The van der Waals surface area contributed by atoms with Crippen molar-refractivity contribution in [3.8, 4) is 11.5 Å². The van der Waals surface area contributed by atoms with E-state index in [9.17, 15) is 4.79 Å². The molecule has 1 fully saturated rings. The SMILES string of the molecule is CCCCCOc1cc(N2CC[C@H](C)NC2=O)ccc1OC. The second kappa shape index (κ2) is 7.92. The van der Waals surface area contributed by atoms with E-state index in [0.29, 0.717) is 24.7 Å². The number of nitrogens with zero attached hydrogens (tertiary/aromatic N) is 1. The molecule has 1 saturated heterocycles. The third-order valence-electron chi connectivity index (χ3n) is 3.87. The Morgan fingerprint density at radius 3 is 2.82 bits per heavy atom. The van der Waals surface area contributed by atoms with Crippen LogP contribution in [0.25, 0.3) is 0 Å². The standard InChI is InChI=1S/C17H26N2O3/c1-4-5-6-11-22-16-12-14(7-8-15(16)21-3)19-10-9-13(2)18-17(19)20/h7-8,12-13H,4-6,9-11H2,1-3H3,(H,18,20)/t13-/m0/s1. The lowest BCUT2D eigenvalue weighted by atomic mass is 10.1. The number of nitrogens with one attached hydrogen (secondary N) is 1. The van der Waals surface area contributed by atoms with Crippen molar-refractivity contribution < 1.29 is 14.3 Å². The van der Waals surface area contributed by atoms with E-state index in [0.717, 1.165) is 31.4 Å². The van der Waals surface area contributed by atoms with Gasteiger partial charge in [0.2, 0.25) is 0 Å². The number of urea groups is 1. The molecular weight excluding hydrogens is 280 g/mol. The predicted octanol–water partition coefficient (Wildman–Crippen LogP) is 3.57. The fourth-order valence-electron chi connectivity index (χ4n) is 2.51. The third kappa shape index (κ3) is 4.06. The maximum absolute atomic E-state index is 12.1. The van der Waals surface area contributed by atoms with Gasteiger partial charge in [-0.3, -0.25) is 4.90 Å². The molecule has 1 heterocycles. The van der Waals surface area contributed by atoms with Gasteiger partial charge < -0.3 is 14.8 Å². The number of carbonyl (C=O) groups excluding carboxylic acids is 1. The lowest BCUT2D eigenvalue weighted by Crippen LogP contribution is -2.50. The Labute approximate surface area is 132 Å². The fourth-order valence-corrected chi connectivity index (χ4v) is 2.51. The molecule has 1 aliphatic rings. The highest BCUT2D eigenvalue weighted by Gasteiger charge is 2.24. The normalized spacial score (nSPS) is 18.0. The number of benzene rings is 1. The zero-order valence-corrected chi connectivity index (χ0v) is 13.7. The van der Waals surface area contributed by atoms with Gasteiger partial charge in [0.1, 0.15) is 0 Å². The van der Waals surface area contributed by atoms with E-state index < -0.39 is 0 Å². The molecule has 5 heteroatoms. The summed E-state index contributed by atoms with van der Waals surface area (Å²) in [5.74, 6) is 1.40. The van der Waals surface area contributed by atoms with Crippen molar-refractivity contribution in [1.82, 2.24) is 5.32 Å². The van der Waals surface area contributed by atoms with Crippen LogP contribution in [0.4, 0.5) is 10.5 Å². The maximum Gasteiger partial charge on any atom is 0.322 e. The molecule has 0 saturated carbocycles. The van der Waals surface area contributed by atoms with Crippen LogP contribution >= 0.6 is 0 Å². The lowest BCUT2D eigenvalue weighted by molar-refractivity contribution is 0.237. The van der Waals surface area contributed by atoms with Crippen LogP contribution in [-0.4, -0.2) is 32.3 Å². The molecule has 5 nitrogen and oxygen atoms in total. The van der Waals surface area contributed by atoms with E-state index in [-0.39, 0.29) is 12.1 Å². The Morgan fingerprint density at radius 1 is 1.32 bits per heavy atom. The van der Waals surface area contributed by atoms with Crippen molar-refractivity contribution in [3.63, 3.8) is 0 Å². The van der Waals surface area contributed by atoms with Gasteiger partial charge in [-0.25, -0.2) is 4.79 Å². The topological polar surface area (TPSA) is 50.8 Å². The number of anilines is 1. The summed E-state index contributed by atoms with van der Waals surface area (Å²) < 4.78 is 11.2. The quantitative estimate of drug-likeness (QED) is 0.783. The van der Waals surface area contributed by atoms with Crippen molar-refractivity contribution in [3.05, 3.63) is 18.2 Å². The molecule has 0 unspecified atom stereocenters. The summed E-state index contributed by atoms with van der Waals surface area (Å²) in [6.07, 6.45) is 4.26. The van der Waals surface area contributed by atoms with E-state index in [1.54, 1.807) is 12.0 Å². The van der Waals surface area contributed by atoms with Gasteiger partial charge in [0.25, 0.3) is 0 Å². The molecule has 2 rings (SSSR count). The molecule has 1 atom stereocenters. The number of rotatable bonds is 7. The predicted molar refractivity (Wildman–Crippen MR) is 88.0 cm³/mol. The van der Waals surface area contributed by atoms with Gasteiger partial charge in [0.15, 0.2) is 11.5 Å². The molecule has 0 aromatic heterocycles. The average Bonchev–Trinajstić information content (AvgIpc) is 2.51. The molecule has 122 valence electrons. The van der Waals surface area contributed by atoms with Crippen LogP contribution in [0.3, 0.4) is 0 Å². The van der Waals surface area contributed by atoms with Gasteiger partial charge in [0.05, 0.1) is 13.7 Å². The highest BCUT2D eigenvalue weighted by Crippen LogP contribution is 2.32. The van der Waals surface area contributed by atoms with Gasteiger partial charge in [0, 0.05) is 24.3 Å². The number of hydrogen-bond donors (Lipinski definition) is 1. The first-order valence-electron chi connectivity index (χ1n) is 8.04. The van der Waals surface area contributed by atoms with Crippen LogP contribution in [0.1, 0.15) is 39.5 Å². The molecule has 0 spiro atoms. The van der Waals surface area contributed by atoms with Gasteiger partial charge in [-0.1, -0.05) is 19.8 Å². The van der Waals surface area contributed by atoms with Crippen molar-refractivity contribution >= 4 is 11.7 Å². The van der Waals surface area contributed by atoms with Crippen LogP contribution < -0.4 is 19.7 Å². The highest BCUT2D eigenvalue weighted by molar-refractivity contribution is 5.93. The van der Waals surface area contributed by atoms with Gasteiger partial charge in [-0.2, -0.15) is 0 Å². The summed E-state index contributed by atoms with van der Waals surface area (Å²) in [7, 11) is 1.63. The Morgan fingerprint density at radius 2 is 2.14 bits per heavy atom. The second-order valence-corrected chi connectivity index (χ2v) is 5.68. The Balaban J connectivity index is 2.10. The lowest BCUT2D eigenvalue weighted by Gasteiger charge is -2.31. The van der Waals surface area contributed by atoms with Crippen molar-refractivity contribution in [2.75, 3.05) is 25.2 Å². The Kier molecular flexibility index (Phi) is 5.92. The summed E-state index contributed by atoms with van der Waals surface area (Å²) in [6, 6.07) is 5.82. The first-order chi connectivity index (χ1) is 10.7. The molecule has 1 aromatic carbocycles. The molecular formula is C17H26N2O3. The minimum Gasteiger partial charge on any atom is -0.493 e. The summed E-state index contributed by atoms with van der Waals surface area (Å²) in [4.78, 5) is 13.9. The number of carbonyl (C=O) groups is 1. The minimum atomic E-state index is -0.0548. The Bertz CT molecular complexity index is 505. The molecule has 1 N–H and O–H groups in total. The van der Waals surface area contributed by atoms with E-state index >= 15 is 0 Å². The zero-order chi connectivity index (χ0) is 15.9. The van der Waals surface area contributed by atoms with Crippen LogP contribution in [0.5, 0.6) is 11.5 Å². The maximum atomic E-state index is 12.1. The van der Waals surface area contributed by atoms with E-state index in [1.807, 2.05) is 25.1 Å². The number of unbranched alkanes of at least 4 members (excludes halogenated alkanes) is 2. The average molecular weight is 306 g/mol. The molecule has 2 amide bonds. The first kappa shape index (κ1) is 16.5. The van der Waals surface area contributed by atoms with Crippen LogP contribution in [0.15, 0.2) is 18.2 Å². The highest BCUT2D eigenvalue weighted by atomic mass is 16.5. The monoisotopic (exact) mass is 306 g/mol. The van der Waals surface area contributed by atoms with E-state index in [2.05, 4.69) is 12.2 Å². The van der Waals surface area contributed by atoms with Crippen LogP contribution in [0.2, 0.25) is 0 Å². The van der Waals surface area contributed by atoms with Crippen LogP contribution in [0, 0.1) is 0 Å². The smallest absolute Gasteiger partial charge is 0.322 e. The molecule has 1 aromatic rings. The fraction of sp³-hybridized carbons (Fsp3) is 0.588. The number of amides is 2. The number of hydrogen-bond acceptors (Lipinski definition) is 3. The molecule has 22 heavy (non-hydrogen) atoms. The van der Waals surface area contributed by atoms with Crippen molar-refractivity contribution in [2.45, 2.75) is 45.6 Å². The van der Waals surface area contributed by atoms with E-state index in [4.69, 9.17) is 9.47 Å².